The molecule has 2 heterocycles. The maximum Gasteiger partial charge on any atom is 0.416 e. The molecule has 0 radical (unpaired) electrons. The van der Waals surface area contributed by atoms with Gasteiger partial charge in [-0.25, -0.2) is 9.37 Å². The van der Waals surface area contributed by atoms with Gasteiger partial charge in [0.1, 0.15) is 12.4 Å². The number of nitrogens with one attached hydrogen (secondary N) is 1. The van der Waals surface area contributed by atoms with E-state index in [4.69, 9.17) is 4.74 Å². The first-order valence-electron chi connectivity index (χ1n) is 13.4. The first-order valence-corrected chi connectivity index (χ1v) is 13.4. The van der Waals surface area contributed by atoms with Crippen LogP contribution >= 0.6 is 0 Å². The number of hydrogen-bond donors (Lipinski definition) is 1. The summed E-state index contributed by atoms with van der Waals surface area (Å²) in [4.78, 5) is 13.6. The van der Waals surface area contributed by atoms with E-state index in [9.17, 15) is 18.0 Å². The highest BCUT2D eigenvalue weighted by molar-refractivity contribution is 5.49. The first-order chi connectivity index (χ1) is 19.0. The van der Waals surface area contributed by atoms with Gasteiger partial charge >= 0.3 is 6.18 Å². The molecule has 0 spiro atoms. The molecule has 1 fully saturated rings. The summed E-state index contributed by atoms with van der Waals surface area (Å²) >= 11 is 0. The van der Waals surface area contributed by atoms with Crippen molar-refractivity contribution in [3.05, 3.63) is 93.4 Å². The predicted molar refractivity (Wildman–Crippen MR) is 142 cm³/mol. The van der Waals surface area contributed by atoms with Crippen LogP contribution in [-0.2, 0) is 34.2 Å². The lowest BCUT2D eigenvalue weighted by Crippen LogP contribution is -2.43. The number of nitrogens with zero attached hydrogens (tertiary/aromatic N) is 1. The van der Waals surface area contributed by atoms with Crippen LogP contribution in [0.5, 0.6) is 5.88 Å². The number of ether oxygens (including phenoxy) is 2. The molecule has 3 unspecified atom stereocenters. The second-order valence-electron chi connectivity index (χ2n) is 11.2. The third-order valence-corrected chi connectivity index (χ3v) is 8.02. The van der Waals surface area contributed by atoms with Crippen LogP contribution < -0.4 is 10.1 Å². The number of carbonyl (C=O) groups excluding carboxylic acids is 1. The van der Waals surface area contributed by atoms with Crippen LogP contribution in [0.1, 0.15) is 78.1 Å². The molecule has 3 atom stereocenters. The van der Waals surface area contributed by atoms with E-state index < -0.39 is 29.0 Å². The fourth-order valence-electron chi connectivity index (χ4n) is 5.88. The summed E-state index contributed by atoms with van der Waals surface area (Å²) < 4.78 is 67.4. The van der Waals surface area contributed by atoms with E-state index in [0.717, 1.165) is 18.4 Å². The summed E-state index contributed by atoms with van der Waals surface area (Å²) in [6.07, 6.45) is -0.407. The predicted octanol–water partition coefficient (Wildman–Crippen LogP) is 6.63. The van der Waals surface area contributed by atoms with Crippen LogP contribution in [-0.4, -0.2) is 24.6 Å². The second kappa shape index (κ2) is 10.8. The minimum absolute atomic E-state index is 0.0209. The molecule has 3 aromatic rings. The average molecular weight is 557 g/mol. The number of carbonyl (C=O) groups is 1. The van der Waals surface area contributed by atoms with Gasteiger partial charge in [-0.2, -0.15) is 13.2 Å². The molecule has 0 bridgehead atoms. The van der Waals surface area contributed by atoms with Crippen LogP contribution in [0.2, 0.25) is 0 Å². The van der Waals surface area contributed by atoms with E-state index in [2.05, 4.69) is 15.0 Å². The molecule has 2 aliphatic carbocycles. The van der Waals surface area contributed by atoms with Crippen LogP contribution in [0.3, 0.4) is 0 Å². The highest BCUT2D eigenvalue weighted by atomic mass is 19.4. The number of aromatic nitrogens is 1. The van der Waals surface area contributed by atoms with Crippen molar-refractivity contribution in [3.63, 3.8) is 0 Å². The summed E-state index contributed by atoms with van der Waals surface area (Å²) in [7, 11) is 0. The lowest BCUT2D eigenvalue weighted by molar-refractivity contribution is -0.138. The number of fused-ring (bicyclic) bond motifs is 4. The topological polar surface area (TPSA) is 60.4 Å². The van der Waals surface area contributed by atoms with Crippen LogP contribution in [0.4, 0.5) is 17.6 Å². The minimum Gasteiger partial charge on any atom is -0.473 e. The Balaban J connectivity index is 0.000000595. The molecular formula is C31H32F4N2O3. The van der Waals surface area contributed by atoms with Gasteiger partial charge in [0.05, 0.1) is 18.2 Å². The SMILES string of the molecule is CC1(C)CNC(c2ccccc2C(F)(F)F)c2c1ccc(COc1cc3c(cn1)C1CC1C3)c2F.CCOC=O. The molecule has 0 saturated heterocycles. The fraction of sp³-hybridized carbons (Fsp3) is 0.419. The monoisotopic (exact) mass is 556 g/mol. The number of rotatable bonds is 6. The Hall–Kier alpha value is -3.46. The van der Waals surface area contributed by atoms with Crippen molar-refractivity contribution in [1.82, 2.24) is 10.3 Å². The van der Waals surface area contributed by atoms with Gasteiger partial charge in [0.2, 0.25) is 5.88 Å². The van der Waals surface area contributed by atoms with Crippen molar-refractivity contribution < 1.29 is 31.8 Å². The summed E-state index contributed by atoms with van der Waals surface area (Å²) in [5.74, 6) is 1.27. The van der Waals surface area contributed by atoms with Gasteiger partial charge in [0, 0.05) is 35.3 Å². The normalized spacial score (nSPS) is 21.7. The quantitative estimate of drug-likeness (QED) is 0.273. The van der Waals surface area contributed by atoms with Gasteiger partial charge in [0.15, 0.2) is 0 Å². The summed E-state index contributed by atoms with van der Waals surface area (Å²) in [6.45, 7) is 6.95. The zero-order valence-electron chi connectivity index (χ0n) is 22.6. The Bertz CT molecular complexity index is 1410. The number of halogens is 4. The van der Waals surface area contributed by atoms with Crippen molar-refractivity contribution in [2.75, 3.05) is 13.2 Å². The molecule has 2 aromatic carbocycles. The zero-order chi connectivity index (χ0) is 28.7. The van der Waals surface area contributed by atoms with Crippen LogP contribution in [0, 0.1) is 11.7 Å². The molecule has 0 amide bonds. The van der Waals surface area contributed by atoms with Crippen molar-refractivity contribution in [3.8, 4) is 5.88 Å². The molecule has 1 saturated carbocycles. The lowest BCUT2D eigenvalue weighted by Gasteiger charge is -2.39. The van der Waals surface area contributed by atoms with Crippen LogP contribution in [0.15, 0.2) is 48.7 Å². The average Bonchev–Trinajstić information content (AvgIpc) is 3.59. The summed E-state index contributed by atoms with van der Waals surface area (Å²) in [6, 6.07) is 9.90. The van der Waals surface area contributed by atoms with E-state index in [1.807, 2.05) is 32.2 Å². The van der Waals surface area contributed by atoms with E-state index in [0.29, 0.717) is 42.5 Å². The molecule has 212 valence electrons. The van der Waals surface area contributed by atoms with E-state index in [-0.39, 0.29) is 17.7 Å². The highest BCUT2D eigenvalue weighted by Crippen LogP contribution is 2.56. The summed E-state index contributed by atoms with van der Waals surface area (Å²) in [5, 5.41) is 3.18. The Morgan fingerprint density at radius 3 is 2.62 bits per heavy atom. The van der Waals surface area contributed by atoms with Crippen molar-refractivity contribution in [2.45, 2.75) is 63.8 Å². The molecule has 1 N–H and O–H groups in total. The molecule has 3 aliphatic rings. The Morgan fingerprint density at radius 2 is 1.93 bits per heavy atom. The number of pyridine rings is 1. The maximum atomic E-state index is 16.0. The molecule has 40 heavy (non-hydrogen) atoms. The van der Waals surface area contributed by atoms with Gasteiger partial charge in [-0.05, 0) is 59.9 Å². The largest absolute Gasteiger partial charge is 0.473 e. The lowest BCUT2D eigenvalue weighted by atomic mass is 9.74. The van der Waals surface area contributed by atoms with E-state index >= 15 is 4.39 Å². The smallest absolute Gasteiger partial charge is 0.416 e. The van der Waals surface area contributed by atoms with Crippen molar-refractivity contribution in [1.29, 1.82) is 0 Å². The Morgan fingerprint density at radius 1 is 1.15 bits per heavy atom. The van der Waals surface area contributed by atoms with Crippen molar-refractivity contribution in [2.24, 2.45) is 5.92 Å². The third-order valence-electron chi connectivity index (χ3n) is 8.02. The molecule has 1 aliphatic heterocycles. The minimum atomic E-state index is -4.54. The standard InChI is InChI=1S/C28H26F4N2O.C3H6O2/c1-27(2)14-34-26(18-5-3-4-6-21(18)28(30,31)32)24-22(27)8-7-15(25(24)29)13-35-23-11-17-9-16-10-19(16)20(17)12-33-23;1-2-5-3-4/h3-8,11-12,16,19,26,34H,9-10,13-14H2,1-2H3;3H,2H2,1H3. The van der Waals surface area contributed by atoms with E-state index in [1.54, 1.807) is 19.1 Å². The highest BCUT2D eigenvalue weighted by Gasteiger charge is 2.45. The maximum absolute atomic E-state index is 16.0. The molecule has 6 rings (SSSR count). The van der Waals surface area contributed by atoms with Gasteiger partial charge in [-0.3, -0.25) is 4.79 Å². The molecule has 5 nitrogen and oxygen atoms in total. The number of hydrogen-bond acceptors (Lipinski definition) is 5. The van der Waals surface area contributed by atoms with Gasteiger partial charge in [0.25, 0.3) is 6.47 Å². The molecule has 1 aromatic heterocycles. The van der Waals surface area contributed by atoms with Gasteiger partial charge in [-0.1, -0.05) is 44.2 Å². The molecule has 9 heteroatoms. The Kier molecular flexibility index (Phi) is 7.61. The van der Waals surface area contributed by atoms with Crippen LogP contribution in [0.25, 0.3) is 0 Å². The molecular weight excluding hydrogens is 524 g/mol. The number of alkyl halides is 3. The third kappa shape index (κ3) is 5.44. The van der Waals surface area contributed by atoms with Crippen molar-refractivity contribution >= 4 is 6.47 Å². The Labute approximate surface area is 230 Å². The van der Waals surface area contributed by atoms with E-state index in [1.165, 1.54) is 29.7 Å². The summed E-state index contributed by atoms with van der Waals surface area (Å²) in [5.41, 5.74) is 2.61. The van der Waals surface area contributed by atoms with Gasteiger partial charge in [-0.15, -0.1) is 0 Å². The zero-order valence-corrected chi connectivity index (χ0v) is 22.6. The number of benzene rings is 2. The second-order valence-corrected chi connectivity index (χ2v) is 11.2. The first kappa shape index (κ1) is 28.1. The fourth-order valence-corrected chi connectivity index (χ4v) is 5.88. The van der Waals surface area contributed by atoms with Gasteiger partial charge < -0.3 is 14.8 Å².